The van der Waals surface area contributed by atoms with E-state index in [1.54, 1.807) is 0 Å². The van der Waals surface area contributed by atoms with Crippen LogP contribution in [0.25, 0.3) is 0 Å². The maximum atomic E-state index is 10.9. The van der Waals surface area contributed by atoms with E-state index in [-0.39, 0.29) is 12.7 Å². The first-order chi connectivity index (χ1) is 7.04. The van der Waals surface area contributed by atoms with E-state index in [0.29, 0.717) is 6.42 Å². The van der Waals surface area contributed by atoms with E-state index in [4.69, 9.17) is 5.11 Å². The molecule has 0 aliphatic carbocycles. The summed E-state index contributed by atoms with van der Waals surface area (Å²) < 4.78 is 20.9. The van der Waals surface area contributed by atoms with Crippen molar-refractivity contribution in [1.82, 2.24) is 0 Å². The molecule has 5 nitrogen and oxygen atoms in total. The van der Waals surface area contributed by atoms with E-state index >= 15 is 0 Å². The van der Waals surface area contributed by atoms with E-state index in [0.717, 1.165) is 12.8 Å². The fraction of sp³-hybridized carbons (Fsp3) is 0.778. The number of carbonyl (C=O) groups is 2. The van der Waals surface area contributed by atoms with E-state index in [1.165, 1.54) is 0 Å². The van der Waals surface area contributed by atoms with Crippen molar-refractivity contribution in [2.75, 3.05) is 0 Å². The van der Waals surface area contributed by atoms with Gasteiger partial charge in [-0.3, -0.25) is 0 Å². The molecule has 0 aliphatic heterocycles. The van der Waals surface area contributed by atoms with Crippen molar-refractivity contribution in [3.05, 3.63) is 0 Å². The predicted octanol–water partition coefficient (Wildman–Crippen LogP) is 1.56. The molecule has 2 atom stereocenters. The van der Waals surface area contributed by atoms with Crippen molar-refractivity contribution in [2.24, 2.45) is 5.92 Å². The van der Waals surface area contributed by atoms with Crippen molar-refractivity contribution in [1.29, 1.82) is 0 Å². The summed E-state index contributed by atoms with van der Waals surface area (Å²) >= 11 is -3.83. The van der Waals surface area contributed by atoms with Crippen LogP contribution in [0.3, 0.4) is 0 Å². The monoisotopic (exact) mass is 251 g/mol. The average Bonchev–Trinajstić information content (AvgIpc) is 2.16. The Morgan fingerprint density at radius 3 is 2.33 bits per heavy atom. The summed E-state index contributed by atoms with van der Waals surface area (Å²) in [4.78, 5) is 21.1. The second kappa shape index (κ2) is 7.71. The van der Waals surface area contributed by atoms with Gasteiger partial charge in [0.15, 0.2) is 0 Å². The first kappa shape index (κ1) is 14.5. The van der Waals surface area contributed by atoms with Gasteiger partial charge in [0, 0.05) is 0 Å². The molecule has 0 rings (SSSR count). The Labute approximate surface area is 94.3 Å². The van der Waals surface area contributed by atoms with E-state index in [9.17, 15) is 16.2 Å². The number of carbonyl (C=O) groups excluding carboxylic acids is 1. The Balaban J connectivity index is 4.49. The summed E-state index contributed by atoms with van der Waals surface area (Å²) in [7, 11) is 0. The molecule has 0 saturated heterocycles. The van der Waals surface area contributed by atoms with Crippen molar-refractivity contribution in [3.63, 3.8) is 0 Å². The van der Waals surface area contributed by atoms with E-state index in [2.05, 4.69) is 0 Å². The van der Waals surface area contributed by atoms with Crippen LogP contribution in [0.15, 0.2) is 0 Å². The molecular formula is C9H15O5Ti. The summed E-state index contributed by atoms with van der Waals surface area (Å²) in [6, 6.07) is 0. The molecule has 85 valence electrons. The Hall–Kier alpha value is -0.546. The molecule has 0 aromatic heterocycles. The van der Waals surface area contributed by atoms with Crippen LogP contribution in [0.2, 0.25) is 4.22 Å². The molecule has 2 unspecified atom stereocenters. The third kappa shape index (κ3) is 5.18. The molecule has 15 heavy (non-hydrogen) atoms. The van der Waals surface area contributed by atoms with Gasteiger partial charge in [0.05, 0.1) is 0 Å². The molecule has 0 saturated carbocycles. The van der Waals surface area contributed by atoms with E-state index < -0.39 is 33.9 Å². The standard InChI is InChI=1S/C9H15O3.2O.Ti/c1-2-3-4-5-6-8(7-10)9(11)12;;;/h6-8H,2-5H2,1H3,(H,11,12);;;. The molecule has 0 aliphatic rings. The number of hydrogen-bond donors (Lipinski definition) is 1. The van der Waals surface area contributed by atoms with Crippen LogP contribution >= 0.6 is 0 Å². The second-order valence-corrected chi connectivity index (χ2v) is 5.58. The molecular weight excluding hydrogens is 236 g/mol. The number of hydrogen-bond acceptors (Lipinski definition) is 4. The van der Waals surface area contributed by atoms with Gasteiger partial charge in [0.1, 0.15) is 0 Å². The van der Waals surface area contributed by atoms with Crippen LogP contribution in [-0.2, 0) is 34.0 Å². The Kier molecular flexibility index (Phi) is 7.43. The van der Waals surface area contributed by atoms with Crippen LogP contribution in [0.5, 0.6) is 0 Å². The van der Waals surface area contributed by atoms with Gasteiger partial charge in [0.2, 0.25) is 0 Å². The zero-order valence-electron chi connectivity index (χ0n) is 8.64. The number of carboxylic acids is 1. The summed E-state index contributed by atoms with van der Waals surface area (Å²) in [6.07, 6.45) is 2.94. The minimum absolute atomic E-state index is 0.224. The third-order valence-electron chi connectivity index (χ3n) is 2.29. The Bertz CT molecular complexity index is 276. The van der Waals surface area contributed by atoms with Gasteiger partial charge in [0.25, 0.3) is 0 Å². The topological polar surface area (TPSA) is 88.5 Å². The van der Waals surface area contributed by atoms with Gasteiger partial charge in [-0.05, 0) is 0 Å². The fourth-order valence-electron chi connectivity index (χ4n) is 1.38. The van der Waals surface area contributed by atoms with Gasteiger partial charge in [-0.2, -0.15) is 0 Å². The minimum atomic E-state index is -3.83. The maximum absolute atomic E-state index is 10.9. The van der Waals surface area contributed by atoms with Crippen LogP contribution in [0.4, 0.5) is 0 Å². The zero-order valence-corrected chi connectivity index (χ0v) is 10.2. The molecule has 0 fully saturated rings. The van der Waals surface area contributed by atoms with Crippen LogP contribution < -0.4 is 0 Å². The van der Waals surface area contributed by atoms with Crippen molar-refractivity contribution >= 4 is 12.3 Å². The first-order valence-corrected chi connectivity index (χ1v) is 7.11. The Morgan fingerprint density at radius 1 is 1.40 bits per heavy atom. The van der Waals surface area contributed by atoms with Gasteiger partial charge >= 0.3 is 94.2 Å². The van der Waals surface area contributed by atoms with Crippen LogP contribution in [0, 0.1) is 5.92 Å². The number of rotatable bonds is 8. The first-order valence-electron chi connectivity index (χ1n) is 4.93. The summed E-state index contributed by atoms with van der Waals surface area (Å²) in [5.74, 6) is -2.73. The molecule has 6 heteroatoms. The predicted molar refractivity (Wildman–Crippen MR) is 46.5 cm³/mol. The molecule has 0 heterocycles. The van der Waals surface area contributed by atoms with Crippen molar-refractivity contribution < 1.29 is 39.2 Å². The number of aliphatic carboxylic acids is 1. The van der Waals surface area contributed by atoms with E-state index in [1.807, 2.05) is 6.92 Å². The van der Waals surface area contributed by atoms with Crippen LogP contribution in [-0.4, -0.2) is 17.4 Å². The van der Waals surface area contributed by atoms with Crippen molar-refractivity contribution in [3.8, 4) is 0 Å². The van der Waals surface area contributed by atoms with Gasteiger partial charge < -0.3 is 0 Å². The van der Waals surface area contributed by atoms with Gasteiger partial charge in [-0.15, -0.1) is 0 Å². The fourth-order valence-corrected chi connectivity index (χ4v) is 2.87. The molecule has 0 aromatic rings. The van der Waals surface area contributed by atoms with Crippen LogP contribution in [0.1, 0.15) is 32.6 Å². The molecule has 0 spiro atoms. The molecule has 0 bridgehead atoms. The summed E-state index contributed by atoms with van der Waals surface area (Å²) in [5, 5.41) is 8.67. The molecule has 0 aromatic carbocycles. The quantitative estimate of drug-likeness (QED) is 0.306. The normalized spacial score (nSPS) is 14.2. The summed E-state index contributed by atoms with van der Waals surface area (Å²) in [6.45, 7) is 1.97. The molecule has 0 amide bonds. The third-order valence-corrected chi connectivity index (χ3v) is 4.24. The number of carboxylic acid groups (broad SMARTS) is 1. The molecule has 1 N–H and O–H groups in total. The SMILES string of the molecule is CCCCC[CH](C(C=O)C(=O)O)[Ti](=[O])=[O]. The number of aldehydes is 1. The number of unbranched alkanes of at least 4 members (excludes halogenated alkanes) is 2. The second-order valence-electron chi connectivity index (χ2n) is 3.42. The van der Waals surface area contributed by atoms with Gasteiger partial charge in [-0.1, -0.05) is 0 Å². The summed E-state index contributed by atoms with van der Waals surface area (Å²) in [5.41, 5.74) is 0. The Morgan fingerprint density at radius 2 is 2.00 bits per heavy atom. The van der Waals surface area contributed by atoms with Crippen molar-refractivity contribution in [2.45, 2.75) is 36.8 Å². The zero-order chi connectivity index (χ0) is 11.8. The van der Waals surface area contributed by atoms with Gasteiger partial charge in [-0.25, -0.2) is 0 Å². The molecule has 0 radical (unpaired) electrons. The average molecular weight is 251 g/mol.